The Balaban J connectivity index is 1.04. The topological polar surface area (TPSA) is 3.24 Å². The van der Waals surface area contributed by atoms with Crippen molar-refractivity contribution < 1.29 is 0 Å². The molecule has 0 spiro atoms. The normalized spacial score (nSPS) is 11.5. The number of thiophene rings is 1. The van der Waals surface area contributed by atoms with Crippen LogP contribution in [-0.2, 0) is 0 Å². The zero-order valence-corrected chi connectivity index (χ0v) is 34.7. The van der Waals surface area contributed by atoms with Crippen molar-refractivity contribution in [3.63, 3.8) is 0 Å². The molecule has 11 aromatic carbocycles. The third kappa shape index (κ3) is 6.15. The SMILES string of the molecule is c1ccc(-c2c(-c3ccccc3)c3cc(N(c4ccc(-c5ccc(-c6cccc7ccccc67)cc5)cc4)c4ccc5sc6ccccc6c5c4)ccc3c3ccccc23)cc1. The molecular weight excluding hydrogens is 767 g/mol. The molecule has 0 N–H and O–H groups in total. The van der Waals surface area contributed by atoms with Crippen molar-refractivity contribution in [3.8, 4) is 44.5 Å². The molecule has 0 aliphatic heterocycles. The van der Waals surface area contributed by atoms with Crippen LogP contribution in [0, 0.1) is 0 Å². The highest BCUT2D eigenvalue weighted by Crippen LogP contribution is 2.48. The van der Waals surface area contributed by atoms with Crippen molar-refractivity contribution >= 4 is 80.9 Å². The zero-order chi connectivity index (χ0) is 41.0. The van der Waals surface area contributed by atoms with E-state index in [0.717, 1.165) is 17.1 Å². The minimum atomic E-state index is 1.10. The molecule has 1 nitrogen and oxygen atoms in total. The van der Waals surface area contributed by atoms with Crippen LogP contribution < -0.4 is 4.90 Å². The molecule has 0 saturated carbocycles. The first kappa shape index (κ1) is 36.1. The fraction of sp³-hybridized carbons (Fsp3) is 0. The second-order valence-electron chi connectivity index (χ2n) is 16.0. The number of hydrogen-bond donors (Lipinski definition) is 0. The van der Waals surface area contributed by atoms with Gasteiger partial charge in [0, 0.05) is 37.2 Å². The fourth-order valence-electron chi connectivity index (χ4n) is 9.55. The molecule has 0 bridgehead atoms. The average Bonchev–Trinajstić information content (AvgIpc) is 3.72. The van der Waals surface area contributed by atoms with E-state index in [2.05, 4.69) is 241 Å². The first-order valence-corrected chi connectivity index (χ1v) is 22.1. The van der Waals surface area contributed by atoms with Crippen LogP contribution in [0.15, 0.2) is 237 Å². The van der Waals surface area contributed by atoms with E-state index in [1.807, 2.05) is 11.3 Å². The first-order chi connectivity index (χ1) is 30.7. The molecule has 0 aliphatic carbocycles. The molecule has 0 radical (unpaired) electrons. The van der Waals surface area contributed by atoms with Gasteiger partial charge in [-0.25, -0.2) is 0 Å². The standard InChI is InChI=1S/C60H39NS/c1-3-15-44(16-4-1)59-54-23-10-9-21-51(54)52-36-34-47(39-56(52)60(59)45-17-5-2-6-18-45)61(48-35-37-58-55(38-48)53-22-11-12-25-57(53)62-58)46-32-30-41(31-33-46)40-26-28-43(29-27-40)50-24-13-19-42-14-7-8-20-49(42)50/h1-39H. The second kappa shape index (κ2) is 15.0. The Labute approximate surface area is 365 Å². The quantitative estimate of drug-likeness (QED) is 0.145. The lowest BCUT2D eigenvalue weighted by molar-refractivity contribution is 1.30. The van der Waals surface area contributed by atoms with Gasteiger partial charge in [0.1, 0.15) is 0 Å². The second-order valence-corrected chi connectivity index (χ2v) is 17.1. The van der Waals surface area contributed by atoms with Gasteiger partial charge < -0.3 is 4.90 Å². The van der Waals surface area contributed by atoms with Crippen molar-refractivity contribution in [2.45, 2.75) is 0 Å². The summed E-state index contributed by atoms with van der Waals surface area (Å²) in [4.78, 5) is 2.44. The monoisotopic (exact) mass is 805 g/mol. The summed E-state index contributed by atoms with van der Waals surface area (Å²) in [5.74, 6) is 0. The van der Waals surface area contributed by atoms with Gasteiger partial charge in [-0.2, -0.15) is 0 Å². The number of benzene rings is 11. The summed E-state index contributed by atoms with van der Waals surface area (Å²) in [5, 5.41) is 10.1. The number of nitrogens with zero attached hydrogens (tertiary/aromatic N) is 1. The van der Waals surface area contributed by atoms with Crippen LogP contribution >= 0.6 is 11.3 Å². The Hall–Kier alpha value is -7.78. The number of anilines is 3. The van der Waals surface area contributed by atoms with Crippen molar-refractivity contribution in [2.75, 3.05) is 4.90 Å². The van der Waals surface area contributed by atoms with E-state index in [9.17, 15) is 0 Å². The maximum absolute atomic E-state index is 2.44. The molecular formula is C60H39NS. The summed E-state index contributed by atoms with van der Waals surface area (Å²) in [5.41, 5.74) is 13.1. The molecule has 12 rings (SSSR count). The summed E-state index contributed by atoms with van der Waals surface area (Å²) in [7, 11) is 0. The van der Waals surface area contributed by atoms with Crippen LogP contribution in [0.2, 0.25) is 0 Å². The Kier molecular flexibility index (Phi) is 8.76. The van der Waals surface area contributed by atoms with Crippen LogP contribution in [0.5, 0.6) is 0 Å². The molecule has 290 valence electrons. The van der Waals surface area contributed by atoms with E-state index in [0.29, 0.717) is 0 Å². The Morgan fingerprint density at radius 1 is 0.258 bits per heavy atom. The molecule has 2 heteroatoms. The Bertz CT molecular complexity index is 3600. The lowest BCUT2D eigenvalue weighted by Gasteiger charge is -2.27. The molecule has 1 aromatic heterocycles. The lowest BCUT2D eigenvalue weighted by Crippen LogP contribution is -2.10. The minimum Gasteiger partial charge on any atom is -0.310 e. The zero-order valence-electron chi connectivity index (χ0n) is 33.9. The summed E-state index contributed by atoms with van der Waals surface area (Å²) >= 11 is 1.86. The molecule has 1 heterocycles. The number of rotatable bonds is 7. The maximum Gasteiger partial charge on any atom is 0.0468 e. The van der Waals surface area contributed by atoms with Crippen molar-refractivity contribution in [2.24, 2.45) is 0 Å². The maximum atomic E-state index is 2.44. The highest BCUT2D eigenvalue weighted by Gasteiger charge is 2.21. The lowest BCUT2D eigenvalue weighted by atomic mass is 9.85. The van der Waals surface area contributed by atoms with Crippen molar-refractivity contribution in [1.82, 2.24) is 0 Å². The van der Waals surface area contributed by atoms with Gasteiger partial charge in [0.15, 0.2) is 0 Å². The van der Waals surface area contributed by atoms with Gasteiger partial charge in [-0.05, 0) is 125 Å². The van der Waals surface area contributed by atoms with E-state index in [-0.39, 0.29) is 0 Å². The molecule has 62 heavy (non-hydrogen) atoms. The van der Waals surface area contributed by atoms with Crippen LogP contribution in [0.1, 0.15) is 0 Å². The van der Waals surface area contributed by atoms with E-state index in [1.54, 1.807) is 0 Å². The number of hydrogen-bond acceptors (Lipinski definition) is 2. The average molecular weight is 806 g/mol. The van der Waals surface area contributed by atoms with Gasteiger partial charge in [-0.3, -0.25) is 0 Å². The highest BCUT2D eigenvalue weighted by molar-refractivity contribution is 7.25. The van der Waals surface area contributed by atoms with Gasteiger partial charge in [0.2, 0.25) is 0 Å². The molecule has 0 amide bonds. The predicted molar refractivity (Wildman–Crippen MR) is 268 cm³/mol. The molecule has 0 atom stereocenters. The Morgan fingerprint density at radius 3 is 1.47 bits per heavy atom. The number of fused-ring (bicyclic) bond motifs is 7. The van der Waals surface area contributed by atoms with Crippen molar-refractivity contribution in [1.29, 1.82) is 0 Å². The third-order valence-corrected chi connectivity index (χ3v) is 13.6. The smallest absolute Gasteiger partial charge is 0.0468 e. The van der Waals surface area contributed by atoms with Gasteiger partial charge in [-0.15, -0.1) is 11.3 Å². The minimum absolute atomic E-state index is 1.10. The van der Waals surface area contributed by atoms with Gasteiger partial charge in [0.05, 0.1) is 0 Å². The van der Waals surface area contributed by atoms with Crippen LogP contribution in [-0.4, -0.2) is 0 Å². The van der Waals surface area contributed by atoms with Crippen LogP contribution in [0.3, 0.4) is 0 Å². The van der Waals surface area contributed by atoms with Crippen LogP contribution in [0.4, 0.5) is 17.1 Å². The largest absolute Gasteiger partial charge is 0.310 e. The van der Waals surface area contributed by atoms with Crippen molar-refractivity contribution in [3.05, 3.63) is 237 Å². The predicted octanol–water partition coefficient (Wildman–Crippen LogP) is 17.7. The molecule has 0 saturated heterocycles. The van der Waals surface area contributed by atoms with E-state index in [4.69, 9.17) is 0 Å². The fourth-order valence-corrected chi connectivity index (χ4v) is 10.6. The molecule has 0 fully saturated rings. The molecule has 0 unspecified atom stereocenters. The molecule has 0 aliphatic rings. The summed E-state index contributed by atoms with van der Waals surface area (Å²) in [6, 6.07) is 86.8. The van der Waals surface area contributed by atoms with E-state index >= 15 is 0 Å². The Morgan fingerprint density at radius 2 is 0.742 bits per heavy atom. The van der Waals surface area contributed by atoms with Gasteiger partial charge in [0.25, 0.3) is 0 Å². The third-order valence-electron chi connectivity index (χ3n) is 12.5. The summed E-state index contributed by atoms with van der Waals surface area (Å²) in [6.45, 7) is 0. The van der Waals surface area contributed by atoms with Crippen LogP contribution in [0.25, 0.3) is 97.0 Å². The highest BCUT2D eigenvalue weighted by atomic mass is 32.1. The summed E-state index contributed by atoms with van der Waals surface area (Å²) in [6.07, 6.45) is 0. The van der Waals surface area contributed by atoms with Gasteiger partial charge >= 0.3 is 0 Å². The van der Waals surface area contributed by atoms with E-state index < -0.39 is 0 Å². The molecule has 12 aromatic rings. The van der Waals surface area contributed by atoms with E-state index in [1.165, 1.54) is 97.0 Å². The summed E-state index contributed by atoms with van der Waals surface area (Å²) < 4.78 is 2.60. The van der Waals surface area contributed by atoms with Gasteiger partial charge in [-0.1, -0.05) is 188 Å². The first-order valence-electron chi connectivity index (χ1n) is 21.2.